The number of carbonyl (C=O) groups is 1. The van der Waals surface area contributed by atoms with Gasteiger partial charge in [-0.2, -0.15) is 0 Å². The first kappa shape index (κ1) is 21.4. The minimum atomic E-state index is -1.79. The van der Waals surface area contributed by atoms with Gasteiger partial charge >= 0.3 is 6.09 Å². The molecule has 1 heterocycles. The Kier molecular flexibility index (Phi) is 6.92. The maximum atomic E-state index is 12.3. The summed E-state index contributed by atoms with van der Waals surface area (Å²) in [5.41, 5.74) is -0.469. The van der Waals surface area contributed by atoms with Crippen molar-refractivity contribution in [1.82, 2.24) is 4.90 Å². The molecule has 0 aromatic rings. The molecule has 1 saturated heterocycles. The van der Waals surface area contributed by atoms with Crippen LogP contribution >= 0.6 is 0 Å². The smallest absolute Gasteiger partial charge is 0.410 e. The molecule has 0 radical (unpaired) electrons. The van der Waals surface area contributed by atoms with Gasteiger partial charge in [-0.05, 0) is 38.9 Å². The predicted molar refractivity (Wildman–Crippen MR) is 99.8 cm³/mol. The third-order valence-electron chi connectivity index (χ3n) is 5.07. The summed E-state index contributed by atoms with van der Waals surface area (Å²) in [7, 11) is -0.0777. The second kappa shape index (κ2) is 7.75. The fraction of sp³-hybridized carbons (Fsp3) is 0.944. The van der Waals surface area contributed by atoms with Gasteiger partial charge in [-0.15, -0.1) is 0 Å². The molecule has 1 fully saturated rings. The first-order valence-corrected chi connectivity index (χ1v) is 11.8. The van der Waals surface area contributed by atoms with Crippen molar-refractivity contribution in [3.63, 3.8) is 0 Å². The van der Waals surface area contributed by atoms with E-state index < -0.39 is 13.9 Å². The maximum absolute atomic E-state index is 12.3. The number of nitrogens with zero attached hydrogens (tertiary/aromatic N) is 1. The predicted octanol–water partition coefficient (Wildman–Crippen LogP) is 4.14. The molecule has 0 unspecified atom stereocenters. The van der Waals surface area contributed by atoms with Crippen molar-refractivity contribution < 1.29 is 18.7 Å². The number of likely N-dealkylation sites (tertiary alicyclic amines) is 1. The lowest BCUT2D eigenvalue weighted by molar-refractivity contribution is 0.0277. The molecule has 1 rings (SSSR count). The summed E-state index contributed by atoms with van der Waals surface area (Å²) in [5.74, 6) is 0.596. The van der Waals surface area contributed by atoms with Gasteiger partial charge in [-0.3, -0.25) is 0 Å². The highest BCUT2D eigenvalue weighted by atomic mass is 28.4. The Balaban J connectivity index is 2.70. The van der Waals surface area contributed by atoms with Gasteiger partial charge < -0.3 is 18.8 Å². The fourth-order valence-electron chi connectivity index (χ4n) is 2.54. The van der Waals surface area contributed by atoms with Crippen LogP contribution in [0.5, 0.6) is 0 Å². The van der Waals surface area contributed by atoms with E-state index >= 15 is 0 Å². The average Bonchev–Trinajstić information content (AvgIpc) is 2.77. The summed E-state index contributed by atoms with van der Waals surface area (Å²) in [6, 6.07) is 0. The minimum absolute atomic E-state index is 0.188. The zero-order chi connectivity index (χ0) is 18.8. The van der Waals surface area contributed by atoms with Gasteiger partial charge in [0.1, 0.15) is 5.60 Å². The van der Waals surface area contributed by atoms with Crippen LogP contribution in [0.3, 0.4) is 0 Å². The Morgan fingerprint density at radius 1 is 1.04 bits per heavy atom. The van der Waals surface area contributed by atoms with Crippen LogP contribution in [0.4, 0.5) is 4.79 Å². The lowest BCUT2D eigenvalue weighted by atomic mass is 9.98. The van der Waals surface area contributed by atoms with Crippen molar-refractivity contribution in [2.45, 2.75) is 65.3 Å². The summed E-state index contributed by atoms with van der Waals surface area (Å²) in [5, 5.41) is 0.188. The molecular weight excluding hydrogens is 322 g/mol. The van der Waals surface area contributed by atoms with E-state index in [0.717, 1.165) is 0 Å². The van der Waals surface area contributed by atoms with Gasteiger partial charge in [0.15, 0.2) is 8.32 Å². The number of ether oxygens (including phenoxy) is 2. The van der Waals surface area contributed by atoms with E-state index in [9.17, 15) is 4.79 Å². The zero-order valence-electron chi connectivity index (χ0n) is 17.1. The topological polar surface area (TPSA) is 48.0 Å². The molecule has 6 heteroatoms. The number of rotatable bonds is 5. The molecule has 5 nitrogen and oxygen atoms in total. The molecule has 1 amide bonds. The summed E-state index contributed by atoms with van der Waals surface area (Å²) >= 11 is 0. The molecular formula is C18H37NO4Si. The number of amides is 1. The largest absolute Gasteiger partial charge is 0.444 e. The average molecular weight is 360 g/mol. The molecule has 0 aliphatic carbocycles. The second-order valence-corrected chi connectivity index (χ2v) is 14.2. The van der Waals surface area contributed by atoms with Crippen LogP contribution in [0.15, 0.2) is 0 Å². The van der Waals surface area contributed by atoms with Crippen LogP contribution in [-0.4, -0.2) is 58.3 Å². The summed E-state index contributed by atoms with van der Waals surface area (Å²) in [6.07, 6.45) is -0.238. The highest BCUT2D eigenvalue weighted by molar-refractivity contribution is 6.74. The first-order chi connectivity index (χ1) is 10.8. The van der Waals surface area contributed by atoms with Crippen molar-refractivity contribution in [1.29, 1.82) is 0 Å². The van der Waals surface area contributed by atoms with Gasteiger partial charge in [-0.25, -0.2) is 4.79 Å². The molecule has 0 aromatic heterocycles. The maximum Gasteiger partial charge on any atom is 0.410 e. The Morgan fingerprint density at radius 3 is 1.96 bits per heavy atom. The molecule has 0 saturated carbocycles. The summed E-state index contributed by atoms with van der Waals surface area (Å²) < 4.78 is 17.3. The summed E-state index contributed by atoms with van der Waals surface area (Å²) in [6.45, 7) is 19.6. The van der Waals surface area contributed by atoms with Crippen LogP contribution in [0.1, 0.15) is 41.5 Å². The fourth-order valence-corrected chi connectivity index (χ4v) is 3.60. The van der Waals surface area contributed by atoms with Gasteiger partial charge in [0, 0.05) is 38.6 Å². The van der Waals surface area contributed by atoms with Crippen molar-refractivity contribution in [2.24, 2.45) is 11.8 Å². The second-order valence-electron chi connectivity index (χ2n) is 9.43. The molecule has 24 heavy (non-hydrogen) atoms. The zero-order valence-corrected chi connectivity index (χ0v) is 18.1. The Hall–Kier alpha value is -0.593. The minimum Gasteiger partial charge on any atom is -0.444 e. The number of hydrogen-bond donors (Lipinski definition) is 0. The lowest BCUT2D eigenvalue weighted by Crippen LogP contribution is -2.43. The number of carbonyl (C=O) groups excluding carboxylic acids is 1. The highest BCUT2D eigenvalue weighted by Gasteiger charge is 2.41. The Morgan fingerprint density at radius 2 is 1.54 bits per heavy atom. The molecule has 1 aliphatic heterocycles. The van der Waals surface area contributed by atoms with E-state index in [4.69, 9.17) is 13.9 Å². The van der Waals surface area contributed by atoms with E-state index in [0.29, 0.717) is 38.1 Å². The first-order valence-electron chi connectivity index (χ1n) is 8.87. The van der Waals surface area contributed by atoms with Gasteiger partial charge in [-0.1, -0.05) is 20.8 Å². The summed E-state index contributed by atoms with van der Waals surface area (Å²) in [4.78, 5) is 14.1. The van der Waals surface area contributed by atoms with E-state index in [2.05, 4.69) is 33.9 Å². The third kappa shape index (κ3) is 6.04. The molecule has 2 atom stereocenters. The van der Waals surface area contributed by atoms with E-state index in [1.165, 1.54) is 0 Å². The quantitative estimate of drug-likeness (QED) is 0.692. The third-order valence-corrected chi connectivity index (χ3v) is 9.57. The van der Waals surface area contributed by atoms with Crippen LogP contribution in [-0.2, 0) is 13.9 Å². The normalized spacial score (nSPS) is 22.8. The standard InChI is InChI=1S/C18H37NO4Si/c1-17(2,3)23-16(20)19-10-14(12-21-7)15(11-19)13-22-24(8,9)18(4,5)6/h14-15H,10-13H2,1-9H3/t14-,15-/m1/s1. The SMILES string of the molecule is COC[C@H]1CN(C(=O)OC(C)(C)C)C[C@@H]1CO[Si](C)(C)C(C)(C)C. The molecule has 0 N–H and O–H groups in total. The van der Waals surface area contributed by atoms with Crippen LogP contribution in [0.25, 0.3) is 0 Å². The number of hydrogen-bond acceptors (Lipinski definition) is 4. The molecule has 0 spiro atoms. The van der Waals surface area contributed by atoms with Gasteiger partial charge in [0.2, 0.25) is 0 Å². The molecule has 0 bridgehead atoms. The van der Waals surface area contributed by atoms with E-state index in [1.807, 2.05) is 20.8 Å². The van der Waals surface area contributed by atoms with Gasteiger partial charge in [0.05, 0.1) is 6.61 Å². The van der Waals surface area contributed by atoms with Crippen LogP contribution in [0.2, 0.25) is 18.1 Å². The Labute approximate surface area is 149 Å². The molecule has 142 valence electrons. The van der Waals surface area contributed by atoms with Crippen molar-refractivity contribution in [3.05, 3.63) is 0 Å². The van der Waals surface area contributed by atoms with Crippen LogP contribution < -0.4 is 0 Å². The number of methoxy groups -OCH3 is 1. The van der Waals surface area contributed by atoms with Crippen molar-refractivity contribution in [3.8, 4) is 0 Å². The Bertz CT molecular complexity index is 426. The lowest BCUT2D eigenvalue weighted by Gasteiger charge is -2.37. The highest BCUT2D eigenvalue weighted by Crippen LogP contribution is 2.37. The molecule has 0 aromatic carbocycles. The van der Waals surface area contributed by atoms with Crippen molar-refractivity contribution in [2.75, 3.05) is 33.4 Å². The van der Waals surface area contributed by atoms with E-state index in [-0.39, 0.29) is 11.1 Å². The molecule has 1 aliphatic rings. The van der Waals surface area contributed by atoms with Crippen molar-refractivity contribution >= 4 is 14.4 Å². The monoisotopic (exact) mass is 359 g/mol. The van der Waals surface area contributed by atoms with Gasteiger partial charge in [0.25, 0.3) is 0 Å². The van der Waals surface area contributed by atoms with Crippen LogP contribution in [0, 0.1) is 11.8 Å². The van der Waals surface area contributed by atoms with E-state index in [1.54, 1.807) is 12.0 Å².